The number of benzene rings is 1. The van der Waals surface area contributed by atoms with Gasteiger partial charge < -0.3 is 5.32 Å². The zero-order valence-electron chi connectivity index (χ0n) is 11.2. The van der Waals surface area contributed by atoms with Crippen LogP contribution in [0.25, 0.3) is 0 Å². The number of alkyl halides is 3. The molecule has 20 heavy (non-hydrogen) atoms. The summed E-state index contributed by atoms with van der Waals surface area (Å²) in [6, 6.07) is 4.61. The number of carbonyl (C=O) groups is 1. The van der Waals surface area contributed by atoms with Crippen molar-refractivity contribution in [1.82, 2.24) is 5.32 Å². The molecule has 1 aromatic carbocycles. The normalized spacial score (nSPS) is 20.4. The van der Waals surface area contributed by atoms with Crippen molar-refractivity contribution >= 4 is 5.78 Å². The van der Waals surface area contributed by atoms with E-state index in [1.54, 1.807) is 0 Å². The third kappa shape index (κ3) is 4.07. The van der Waals surface area contributed by atoms with Crippen molar-refractivity contribution in [2.24, 2.45) is 0 Å². The van der Waals surface area contributed by atoms with Crippen LogP contribution >= 0.6 is 0 Å². The van der Waals surface area contributed by atoms with Crippen LogP contribution in [0.3, 0.4) is 0 Å². The van der Waals surface area contributed by atoms with Gasteiger partial charge in [0.05, 0.1) is 5.56 Å². The summed E-state index contributed by atoms with van der Waals surface area (Å²) in [4.78, 5) is 12.1. The van der Waals surface area contributed by atoms with Crippen LogP contribution in [0.4, 0.5) is 13.2 Å². The zero-order valence-corrected chi connectivity index (χ0v) is 11.2. The summed E-state index contributed by atoms with van der Waals surface area (Å²) in [6.07, 6.45) is 0.322. The highest BCUT2D eigenvalue weighted by Crippen LogP contribution is 2.29. The maximum absolute atomic E-state index is 12.4. The van der Waals surface area contributed by atoms with Gasteiger partial charge in [0.2, 0.25) is 0 Å². The minimum Gasteiger partial charge on any atom is -0.314 e. The van der Waals surface area contributed by atoms with Crippen molar-refractivity contribution in [3.8, 4) is 0 Å². The lowest BCUT2D eigenvalue weighted by Crippen LogP contribution is -2.30. The second kappa shape index (κ2) is 6.39. The smallest absolute Gasteiger partial charge is 0.314 e. The van der Waals surface area contributed by atoms with Gasteiger partial charge in [0, 0.05) is 18.0 Å². The summed E-state index contributed by atoms with van der Waals surface area (Å²) >= 11 is 0. The van der Waals surface area contributed by atoms with E-state index in [1.807, 2.05) is 0 Å². The second-order valence-corrected chi connectivity index (χ2v) is 5.20. The Morgan fingerprint density at radius 1 is 1.15 bits per heavy atom. The Morgan fingerprint density at radius 2 is 1.85 bits per heavy atom. The number of carbonyl (C=O) groups excluding carboxylic acids is 1. The average Bonchev–Trinajstić information content (AvgIpc) is 2.66. The summed E-state index contributed by atoms with van der Waals surface area (Å²) < 4.78 is 37.3. The highest BCUT2D eigenvalue weighted by molar-refractivity contribution is 5.96. The fourth-order valence-electron chi connectivity index (χ4n) is 2.46. The summed E-state index contributed by atoms with van der Waals surface area (Å²) in [5, 5.41) is 3.32. The molecule has 1 aliphatic heterocycles. The third-order valence-corrected chi connectivity index (χ3v) is 3.63. The van der Waals surface area contributed by atoms with E-state index in [2.05, 4.69) is 5.32 Å². The summed E-state index contributed by atoms with van der Waals surface area (Å²) in [5.41, 5.74) is -0.370. The van der Waals surface area contributed by atoms with Gasteiger partial charge in [-0.3, -0.25) is 4.79 Å². The first-order valence-corrected chi connectivity index (χ1v) is 6.90. The molecule has 1 saturated heterocycles. The van der Waals surface area contributed by atoms with Crippen LogP contribution in [0.15, 0.2) is 24.3 Å². The van der Waals surface area contributed by atoms with Gasteiger partial charge in [0.15, 0.2) is 5.78 Å². The monoisotopic (exact) mass is 285 g/mol. The maximum atomic E-state index is 12.4. The number of Topliss-reactive ketones (excluding diaryl/α,β-unsaturated/α-hetero) is 1. The molecule has 1 fully saturated rings. The molecular formula is C15H18F3NO. The fourth-order valence-corrected chi connectivity index (χ4v) is 2.46. The quantitative estimate of drug-likeness (QED) is 0.856. The van der Waals surface area contributed by atoms with Gasteiger partial charge in [-0.2, -0.15) is 13.2 Å². The molecule has 0 radical (unpaired) electrons. The number of rotatable bonds is 3. The van der Waals surface area contributed by atoms with Crippen LogP contribution in [0.2, 0.25) is 0 Å². The van der Waals surface area contributed by atoms with Crippen molar-refractivity contribution < 1.29 is 18.0 Å². The average molecular weight is 285 g/mol. The number of halogens is 3. The van der Waals surface area contributed by atoms with Crippen LogP contribution < -0.4 is 5.32 Å². The molecule has 2 nitrogen and oxygen atoms in total. The van der Waals surface area contributed by atoms with E-state index in [9.17, 15) is 18.0 Å². The van der Waals surface area contributed by atoms with E-state index in [0.717, 1.165) is 44.4 Å². The van der Waals surface area contributed by atoms with E-state index < -0.39 is 11.7 Å². The van der Waals surface area contributed by atoms with Crippen molar-refractivity contribution in [1.29, 1.82) is 0 Å². The Bertz CT molecular complexity index is 445. The molecule has 1 unspecified atom stereocenters. The second-order valence-electron chi connectivity index (χ2n) is 5.20. The molecule has 1 N–H and O–H groups in total. The Kier molecular flexibility index (Phi) is 4.81. The Balaban J connectivity index is 1.98. The lowest BCUT2D eigenvalue weighted by Gasteiger charge is -2.15. The predicted molar refractivity (Wildman–Crippen MR) is 70.7 cm³/mol. The van der Waals surface area contributed by atoms with Gasteiger partial charge in [-0.1, -0.05) is 25.0 Å². The largest absolute Gasteiger partial charge is 0.416 e. The summed E-state index contributed by atoms with van der Waals surface area (Å²) in [7, 11) is 0. The highest BCUT2D eigenvalue weighted by Gasteiger charge is 2.30. The molecule has 0 aromatic heterocycles. The molecule has 0 saturated carbocycles. The number of hydrogen-bond donors (Lipinski definition) is 1. The van der Waals surface area contributed by atoms with Gasteiger partial charge >= 0.3 is 6.18 Å². The first-order valence-electron chi connectivity index (χ1n) is 6.90. The predicted octanol–water partition coefficient (Wildman–Crippen LogP) is 3.81. The third-order valence-electron chi connectivity index (χ3n) is 3.63. The van der Waals surface area contributed by atoms with E-state index in [1.165, 1.54) is 12.1 Å². The Labute approximate surface area is 116 Å². The van der Waals surface area contributed by atoms with Gasteiger partial charge in [0.25, 0.3) is 0 Å². The first kappa shape index (κ1) is 15.0. The first-order chi connectivity index (χ1) is 9.47. The number of hydrogen-bond acceptors (Lipinski definition) is 2. The number of ketones is 1. The molecule has 110 valence electrons. The van der Waals surface area contributed by atoms with Gasteiger partial charge in [-0.25, -0.2) is 0 Å². The van der Waals surface area contributed by atoms with Crippen molar-refractivity contribution in [2.45, 2.75) is 44.3 Å². The number of nitrogens with one attached hydrogen (secondary N) is 1. The molecule has 1 aliphatic rings. The van der Waals surface area contributed by atoms with E-state index in [4.69, 9.17) is 0 Å². The molecular weight excluding hydrogens is 267 g/mol. The van der Waals surface area contributed by atoms with Gasteiger partial charge in [0.1, 0.15) is 0 Å². The van der Waals surface area contributed by atoms with Crippen LogP contribution in [0.1, 0.15) is 48.0 Å². The van der Waals surface area contributed by atoms with Crippen molar-refractivity contribution in [2.75, 3.05) is 6.54 Å². The lowest BCUT2D eigenvalue weighted by atomic mass is 9.99. The molecule has 1 heterocycles. The molecule has 5 heteroatoms. The summed E-state index contributed by atoms with van der Waals surface area (Å²) in [5.74, 6) is -0.0990. The van der Waals surface area contributed by atoms with Crippen LogP contribution in [0, 0.1) is 0 Å². The van der Waals surface area contributed by atoms with Gasteiger partial charge in [-0.05, 0) is 31.5 Å². The fraction of sp³-hybridized carbons (Fsp3) is 0.533. The standard InChI is InChI=1S/C15H18F3NO/c16-15(17,18)12-7-5-11(6-8-12)14(20)10-13-4-2-1-3-9-19-13/h5-8,13,19H,1-4,9-10H2. The van der Waals surface area contributed by atoms with Crippen LogP contribution in [-0.2, 0) is 6.18 Å². The Morgan fingerprint density at radius 3 is 2.50 bits per heavy atom. The van der Waals surface area contributed by atoms with Gasteiger partial charge in [-0.15, -0.1) is 0 Å². The molecule has 0 aliphatic carbocycles. The van der Waals surface area contributed by atoms with E-state index >= 15 is 0 Å². The van der Waals surface area contributed by atoms with Crippen molar-refractivity contribution in [3.63, 3.8) is 0 Å². The molecule has 2 rings (SSSR count). The topological polar surface area (TPSA) is 29.1 Å². The van der Waals surface area contributed by atoms with E-state index in [-0.39, 0.29) is 11.8 Å². The minimum atomic E-state index is -4.36. The maximum Gasteiger partial charge on any atom is 0.416 e. The summed E-state index contributed by atoms with van der Waals surface area (Å²) in [6.45, 7) is 0.908. The molecule has 0 spiro atoms. The molecule has 1 atom stereocenters. The molecule has 1 aromatic rings. The molecule has 0 bridgehead atoms. The SMILES string of the molecule is O=C(CC1CCCCCN1)c1ccc(C(F)(F)F)cc1. The highest BCUT2D eigenvalue weighted by atomic mass is 19.4. The van der Waals surface area contributed by atoms with E-state index in [0.29, 0.717) is 12.0 Å². The lowest BCUT2D eigenvalue weighted by molar-refractivity contribution is -0.137. The van der Waals surface area contributed by atoms with Crippen LogP contribution in [-0.4, -0.2) is 18.4 Å². The Hall–Kier alpha value is -1.36. The van der Waals surface area contributed by atoms with Crippen molar-refractivity contribution in [3.05, 3.63) is 35.4 Å². The van der Waals surface area contributed by atoms with Crippen LogP contribution in [0.5, 0.6) is 0 Å². The molecule has 0 amide bonds. The minimum absolute atomic E-state index is 0.0990. The zero-order chi connectivity index (χ0) is 14.6.